The average Bonchev–Trinajstić information content (AvgIpc) is 3.28. The van der Waals surface area contributed by atoms with E-state index in [4.69, 9.17) is 4.52 Å². The van der Waals surface area contributed by atoms with Crippen molar-refractivity contribution in [2.45, 2.75) is 52.0 Å². The van der Waals surface area contributed by atoms with Gasteiger partial charge >= 0.3 is 0 Å². The first-order valence-corrected chi connectivity index (χ1v) is 8.94. The number of nitrogens with zero attached hydrogens (tertiary/aromatic N) is 5. The van der Waals surface area contributed by atoms with Crippen LogP contribution in [0.2, 0.25) is 0 Å². The van der Waals surface area contributed by atoms with Crippen LogP contribution in [0.3, 0.4) is 0 Å². The van der Waals surface area contributed by atoms with E-state index in [0.717, 1.165) is 36.6 Å². The van der Waals surface area contributed by atoms with E-state index in [1.165, 1.54) is 0 Å². The average molecular weight is 337 g/mol. The molecule has 0 saturated heterocycles. The standard InChI is InChI=1S/C19H23N5O/c1-12(2)13(3)18-22-21-16-11-15(9-10-24(16)18)19-20-17(23-25-19)14-7-5-4-6-8-14/h4-8,12-13,15H,9-11H2,1-3H3. The predicted molar refractivity (Wildman–Crippen MR) is 94.1 cm³/mol. The SMILES string of the molecule is CC(C)C(C)c1nnc2n1CCC(c1nc(-c3ccccc3)no1)C2. The van der Waals surface area contributed by atoms with Gasteiger partial charge in [-0.2, -0.15) is 4.98 Å². The Kier molecular flexibility index (Phi) is 4.11. The summed E-state index contributed by atoms with van der Waals surface area (Å²) in [7, 11) is 0. The quantitative estimate of drug-likeness (QED) is 0.724. The van der Waals surface area contributed by atoms with Crippen molar-refractivity contribution in [2.24, 2.45) is 5.92 Å². The molecular weight excluding hydrogens is 314 g/mol. The summed E-state index contributed by atoms with van der Waals surface area (Å²) in [4.78, 5) is 4.61. The fraction of sp³-hybridized carbons (Fsp3) is 0.474. The first-order valence-electron chi connectivity index (χ1n) is 8.94. The molecule has 1 aromatic carbocycles. The minimum absolute atomic E-state index is 0.212. The Labute approximate surface area is 147 Å². The molecule has 130 valence electrons. The lowest BCUT2D eigenvalue weighted by Crippen LogP contribution is -2.21. The van der Waals surface area contributed by atoms with Crippen molar-refractivity contribution in [3.63, 3.8) is 0 Å². The lowest BCUT2D eigenvalue weighted by molar-refractivity contribution is 0.320. The molecule has 0 amide bonds. The van der Waals surface area contributed by atoms with E-state index in [1.54, 1.807) is 0 Å². The van der Waals surface area contributed by atoms with Gasteiger partial charge in [-0.3, -0.25) is 0 Å². The molecule has 0 spiro atoms. The maximum atomic E-state index is 5.55. The molecule has 0 N–H and O–H groups in total. The van der Waals surface area contributed by atoms with Gasteiger partial charge in [-0.25, -0.2) is 0 Å². The van der Waals surface area contributed by atoms with Crippen molar-refractivity contribution in [2.75, 3.05) is 0 Å². The molecule has 6 heteroatoms. The summed E-state index contributed by atoms with van der Waals surface area (Å²) in [5.74, 6) is 4.64. The van der Waals surface area contributed by atoms with Gasteiger partial charge in [0.25, 0.3) is 0 Å². The predicted octanol–water partition coefficient (Wildman–Crippen LogP) is 3.82. The van der Waals surface area contributed by atoms with Crippen molar-refractivity contribution in [1.29, 1.82) is 0 Å². The van der Waals surface area contributed by atoms with Gasteiger partial charge in [0.05, 0.1) is 0 Å². The van der Waals surface area contributed by atoms with Gasteiger partial charge in [0.2, 0.25) is 11.7 Å². The molecule has 0 saturated carbocycles. The molecule has 2 atom stereocenters. The zero-order valence-corrected chi connectivity index (χ0v) is 14.9. The Morgan fingerprint density at radius 3 is 2.68 bits per heavy atom. The number of hydrogen-bond donors (Lipinski definition) is 0. The maximum Gasteiger partial charge on any atom is 0.230 e. The van der Waals surface area contributed by atoms with Gasteiger partial charge in [0.15, 0.2) is 0 Å². The molecular formula is C19H23N5O. The molecule has 3 heterocycles. The molecule has 0 aliphatic carbocycles. The molecule has 3 aromatic rings. The van der Waals surface area contributed by atoms with Crippen molar-refractivity contribution >= 4 is 0 Å². The largest absolute Gasteiger partial charge is 0.339 e. The van der Waals surface area contributed by atoms with E-state index < -0.39 is 0 Å². The smallest absolute Gasteiger partial charge is 0.230 e. The van der Waals surface area contributed by atoms with Crippen molar-refractivity contribution in [3.8, 4) is 11.4 Å². The molecule has 2 unspecified atom stereocenters. The summed E-state index contributed by atoms with van der Waals surface area (Å²) < 4.78 is 7.82. The molecule has 1 aliphatic heterocycles. The van der Waals surface area contributed by atoms with Crippen LogP contribution in [-0.4, -0.2) is 24.9 Å². The van der Waals surface area contributed by atoms with Crippen LogP contribution in [-0.2, 0) is 13.0 Å². The summed E-state index contributed by atoms with van der Waals surface area (Å²) in [5, 5.41) is 13.0. The second kappa shape index (κ2) is 6.43. The van der Waals surface area contributed by atoms with Gasteiger partial charge in [-0.1, -0.05) is 56.3 Å². The second-order valence-corrected chi connectivity index (χ2v) is 7.17. The Morgan fingerprint density at radius 2 is 1.92 bits per heavy atom. The van der Waals surface area contributed by atoms with Crippen LogP contribution < -0.4 is 0 Å². The van der Waals surface area contributed by atoms with Gasteiger partial charge in [-0.05, 0) is 12.3 Å². The van der Waals surface area contributed by atoms with Crippen LogP contribution in [0.1, 0.15) is 56.6 Å². The summed E-state index contributed by atoms with van der Waals surface area (Å²) in [6, 6.07) is 9.92. The van der Waals surface area contributed by atoms with Gasteiger partial charge in [0, 0.05) is 30.4 Å². The zero-order chi connectivity index (χ0) is 17.4. The first-order chi connectivity index (χ1) is 12.1. The Balaban J connectivity index is 1.55. The highest BCUT2D eigenvalue weighted by Crippen LogP contribution is 2.32. The summed E-state index contributed by atoms with van der Waals surface area (Å²) >= 11 is 0. The second-order valence-electron chi connectivity index (χ2n) is 7.17. The van der Waals surface area contributed by atoms with E-state index in [2.05, 4.69) is 45.7 Å². The summed E-state index contributed by atoms with van der Waals surface area (Å²) in [6.07, 6.45) is 1.77. The fourth-order valence-corrected chi connectivity index (χ4v) is 3.30. The van der Waals surface area contributed by atoms with E-state index >= 15 is 0 Å². The van der Waals surface area contributed by atoms with E-state index in [9.17, 15) is 0 Å². The van der Waals surface area contributed by atoms with Crippen LogP contribution >= 0.6 is 0 Å². The number of fused-ring (bicyclic) bond motifs is 1. The number of aromatic nitrogens is 5. The summed E-state index contributed by atoms with van der Waals surface area (Å²) in [6.45, 7) is 7.57. The maximum absolute atomic E-state index is 5.55. The lowest BCUT2D eigenvalue weighted by atomic mass is 9.94. The van der Waals surface area contributed by atoms with Gasteiger partial charge in [-0.15, -0.1) is 10.2 Å². The fourth-order valence-electron chi connectivity index (χ4n) is 3.30. The molecule has 4 rings (SSSR count). The number of hydrogen-bond acceptors (Lipinski definition) is 5. The van der Waals surface area contributed by atoms with Crippen LogP contribution in [0.4, 0.5) is 0 Å². The van der Waals surface area contributed by atoms with Crippen molar-refractivity contribution in [3.05, 3.63) is 47.9 Å². The zero-order valence-electron chi connectivity index (χ0n) is 14.9. The van der Waals surface area contributed by atoms with Crippen LogP contribution in [0.15, 0.2) is 34.9 Å². The third-order valence-electron chi connectivity index (χ3n) is 5.22. The van der Waals surface area contributed by atoms with Crippen LogP contribution in [0.5, 0.6) is 0 Å². The highest BCUT2D eigenvalue weighted by Gasteiger charge is 2.29. The van der Waals surface area contributed by atoms with E-state index in [-0.39, 0.29) is 5.92 Å². The lowest BCUT2D eigenvalue weighted by Gasteiger charge is -2.23. The Morgan fingerprint density at radius 1 is 1.12 bits per heavy atom. The molecule has 2 aromatic heterocycles. The number of benzene rings is 1. The monoisotopic (exact) mass is 337 g/mol. The highest BCUT2D eigenvalue weighted by atomic mass is 16.5. The topological polar surface area (TPSA) is 69.6 Å². The Hall–Kier alpha value is -2.50. The molecule has 25 heavy (non-hydrogen) atoms. The molecule has 1 aliphatic rings. The number of rotatable bonds is 4. The normalized spacial score (nSPS) is 18.3. The minimum atomic E-state index is 0.212. The van der Waals surface area contributed by atoms with Crippen molar-refractivity contribution < 1.29 is 4.52 Å². The molecule has 0 bridgehead atoms. The third-order valence-corrected chi connectivity index (χ3v) is 5.22. The van der Waals surface area contributed by atoms with E-state index in [1.807, 2.05) is 30.3 Å². The van der Waals surface area contributed by atoms with Gasteiger partial charge < -0.3 is 9.09 Å². The molecule has 0 radical (unpaired) electrons. The van der Waals surface area contributed by atoms with Crippen LogP contribution in [0, 0.1) is 5.92 Å². The van der Waals surface area contributed by atoms with Crippen molar-refractivity contribution in [1.82, 2.24) is 24.9 Å². The first kappa shape index (κ1) is 16.0. The molecule has 0 fully saturated rings. The third kappa shape index (κ3) is 2.97. The van der Waals surface area contributed by atoms with E-state index in [0.29, 0.717) is 23.6 Å². The minimum Gasteiger partial charge on any atom is -0.339 e. The Bertz CT molecular complexity index is 852. The highest BCUT2D eigenvalue weighted by molar-refractivity contribution is 5.53. The molecule has 6 nitrogen and oxygen atoms in total. The van der Waals surface area contributed by atoms with Crippen LogP contribution in [0.25, 0.3) is 11.4 Å². The summed E-state index contributed by atoms with van der Waals surface area (Å²) in [5.41, 5.74) is 0.976. The van der Waals surface area contributed by atoms with Gasteiger partial charge in [0.1, 0.15) is 11.6 Å².